The molecule has 0 saturated carbocycles. The van der Waals surface area contributed by atoms with Gasteiger partial charge < -0.3 is 14.6 Å². The zero-order valence-corrected chi connectivity index (χ0v) is 9.97. The van der Waals surface area contributed by atoms with Crippen molar-refractivity contribution in [3.8, 4) is 0 Å². The van der Waals surface area contributed by atoms with Gasteiger partial charge in [-0.25, -0.2) is 0 Å². The summed E-state index contributed by atoms with van der Waals surface area (Å²) < 4.78 is 5.57. The van der Waals surface area contributed by atoms with Crippen LogP contribution >= 0.6 is 0 Å². The van der Waals surface area contributed by atoms with Crippen LogP contribution in [0.5, 0.6) is 0 Å². The predicted molar refractivity (Wildman–Crippen MR) is 63.0 cm³/mol. The number of aromatic amines is 1. The molecular weight excluding hydrogens is 220 g/mol. The summed E-state index contributed by atoms with van der Waals surface area (Å²) in [6.07, 6.45) is 1.55. The van der Waals surface area contributed by atoms with Crippen LogP contribution in [0.2, 0.25) is 0 Å². The number of aromatic nitrogens is 1. The lowest BCUT2D eigenvalue weighted by molar-refractivity contribution is -0.0586. The van der Waals surface area contributed by atoms with Gasteiger partial charge in [0.05, 0.1) is 17.8 Å². The van der Waals surface area contributed by atoms with Crippen molar-refractivity contribution >= 4 is 5.91 Å². The standard InChI is InChI=1S/C12H16N2O3/c1-8-6-14(7-9(2)17-8)12(16)10-3-4-11(15)13-5-10/h3-5,8-9H,6-7H2,1-2H3,(H,13,15)/t8-,9-/m1/s1. The highest BCUT2D eigenvalue weighted by atomic mass is 16.5. The van der Waals surface area contributed by atoms with Crippen molar-refractivity contribution in [2.75, 3.05) is 13.1 Å². The van der Waals surface area contributed by atoms with Crippen molar-refractivity contribution in [2.24, 2.45) is 0 Å². The van der Waals surface area contributed by atoms with E-state index in [1.165, 1.54) is 12.3 Å². The average molecular weight is 236 g/mol. The van der Waals surface area contributed by atoms with Crippen LogP contribution in [0.3, 0.4) is 0 Å². The van der Waals surface area contributed by atoms with Crippen LogP contribution in [0.1, 0.15) is 24.2 Å². The number of amides is 1. The minimum Gasteiger partial charge on any atom is -0.372 e. The van der Waals surface area contributed by atoms with E-state index in [1.54, 1.807) is 11.0 Å². The Morgan fingerprint density at radius 1 is 1.35 bits per heavy atom. The Morgan fingerprint density at radius 3 is 2.53 bits per heavy atom. The number of ether oxygens (including phenoxy) is 1. The molecule has 0 aromatic carbocycles. The summed E-state index contributed by atoms with van der Waals surface area (Å²) in [6, 6.07) is 2.91. The predicted octanol–water partition coefficient (Wildman–Crippen LogP) is 0.624. The SMILES string of the molecule is C[C@@H]1CN(C(=O)c2ccc(=O)[nH]c2)C[C@@H](C)O1. The third-order valence-electron chi connectivity index (χ3n) is 2.74. The molecule has 2 atom stereocenters. The van der Waals surface area contributed by atoms with Gasteiger partial charge in [-0.3, -0.25) is 9.59 Å². The molecule has 0 aliphatic carbocycles. The average Bonchev–Trinajstić information content (AvgIpc) is 2.28. The molecule has 1 aromatic heterocycles. The number of carbonyl (C=O) groups is 1. The van der Waals surface area contributed by atoms with E-state index in [1.807, 2.05) is 13.8 Å². The van der Waals surface area contributed by atoms with E-state index < -0.39 is 0 Å². The van der Waals surface area contributed by atoms with Crippen LogP contribution in [0.15, 0.2) is 23.1 Å². The monoisotopic (exact) mass is 236 g/mol. The van der Waals surface area contributed by atoms with Crippen molar-refractivity contribution in [1.82, 2.24) is 9.88 Å². The maximum absolute atomic E-state index is 12.2. The first-order valence-electron chi connectivity index (χ1n) is 5.69. The molecule has 1 N–H and O–H groups in total. The molecule has 1 fully saturated rings. The van der Waals surface area contributed by atoms with Gasteiger partial charge in [-0.2, -0.15) is 0 Å². The largest absolute Gasteiger partial charge is 0.372 e. The molecule has 5 heteroatoms. The fourth-order valence-corrected chi connectivity index (χ4v) is 2.07. The molecule has 0 radical (unpaired) electrons. The molecule has 5 nitrogen and oxygen atoms in total. The summed E-state index contributed by atoms with van der Waals surface area (Å²) in [5.74, 6) is -0.0664. The number of hydrogen-bond acceptors (Lipinski definition) is 3. The lowest BCUT2D eigenvalue weighted by Gasteiger charge is -2.35. The van der Waals surface area contributed by atoms with Crippen LogP contribution < -0.4 is 5.56 Å². The number of pyridine rings is 1. The first kappa shape index (κ1) is 11.9. The molecule has 1 amide bonds. The van der Waals surface area contributed by atoms with Crippen molar-refractivity contribution in [3.05, 3.63) is 34.2 Å². The van der Waals surface area contributed by atoms with Crippen LogP contribution in [0.25, 0.3) is 0 Å². The first-order chi connectivity index (χ1) is 8.06. The summed E-state index contributed by atoms with van der Waals surface area (Å²) >= 11 is 0. The number of hydrogen-bond donors (Lipinski definition) is 1. The highest BCUT2D eigenvalue weighted by Crippen LogP contribution is 2.13. The van der Waals surface area contributed by atoms with Gasteiger partial charge in [0.25, 0.3) is 5.91 Å². The van der Waals surface area contributed by atoms with Crippen molar-refractivity contribution in [3.63, 3.8) is 0 Å². The van der Waals surface area contributed by atoms with Crippen LogP contribution in [-0.2, 0) is 4.74 Å². The minimum absolute atomic E-state index is 0.0467. The van der Waals surface area contributed by atoms with E-state index in [-0.39, 0.29) is 23.7 Å². The van der Waals surface area contributed by atoms with Gasteiger partial charge >= 0.3 is 0 Å². The molecule has 0 unspecified atom stereocenters. The van der Waals surface area contributed by atoms with Gasteiger partial charge in [0, 0.05) is 25.4 Å². The van der Waals surface area contributed by atoms with Crippen molar-refractivity contribution < 1.29 is 9.53 Å². The molecule has 1 aliphatic heterocycles. The molecule has 1 saturated heterocycles. The molecule has 0 bridgehead atoms. The lowest BCUT2D eigenvalue weighted by Crippen LogP contribution is -2.48. The molecule has 1 aromatic rings. The summed E-state index contributed by atoms with van der Waals surface area (Å²) in [7, 11) is 0. The highest BCUT2D eigenvalue weighted by Gasteiger charge is 2.26. The number of nitrogens with one attached hydrogen (secondary N) is 1. The Labute approximate surface area is 99.4 Å². The van der Waals surface area contributed by atoms with E-state index in [4.69, 9.17) is 4.74 Å². The van der Waals surface area contributed by atoms with Gasteiger partial charge in [0.2, 0.25) is 5.56 Å². The molecule has 0 spiro atoms. The summed E-state index contributed by atoms with van der Waals surface area (Å²) in [4.78, 5) is 27.3. The summed E-state index contributed by atoms with van der Waals surface area (Å²) in [5, 5.41) is 0. The number of carbonyl (C=O) groups excluding carboxylic acids is 1. The Balaban J connectivity index is 2.14. The van der Waals surface area contributed by atoms with E-state index in [2.05, 4.69) is 4.98 Å². The minimum atomic E-state index is -0.203. The van der Waals surface area contributed by atoms with E-state index in [0.717, 1.165) is 0 Å². The van der Waals surface area contributed by atoms with Gasteiger partial charge in [-0.15, -0.1) is 0 Å². The molecule has 92 valence electrons. The highest BCUT2D eigenvalue weighted by molar-refractivity contribution is 5.93. The van der Waals surface area contributed by atoms with Crippen molar-refractivity contribution in [1.29, 1.82) is 0 Å². The molecule has 2 heterocycles. The third-order valence-corrected chi connectivity index (χ3v) is 2.74. The summed E-state index contributed by atoms with van der Waals surface area (Å²) in [5.41, 5.74) is 0.302. The van der Waals surface area contributed by atoms with Gasteiger partial charge in [0.1, 0.15) is 0 Å². The van der Waals surface area contributed by atoms with Crippen LogP contribution in [0.4, 0.5) is 0 Å². The Morgan fingerprint density at radius 2 is 2.00 bits per heavy atom. The smallest absolute Gasteiger partial charge is 0.255 e. The van der Waals surface area contributed by atoms with E-state index >= 15 is 0 Å². The van der Waals surface area contributed by atoms with Gasteiger partial charge in [-0.1, -0.05) is 0 Å². The summed E-state index contributed by atoms with van der Waals surface area (Å²) in [6.45, 7) is 5.07. The number of rotatable bonds is 1. The first-order valence-corrected chi connectivity index (χ1v) is 5.69. The van der Waals surface area contributed by atoms with Gasteiger partial charge in [-0.05, 0) is 19.9 Å². The Bertz CT molecular complexity index is 439. The zero-order valence-electron chi connectivity index (χ0n) is 9.97. The maximum Gasteiger partial charge on any atom is 0.255 e. The second-order valence-electron chi connectivity index (χ2n) is 4.41. The lowest BCUT2D eigenvalue weighted by atomic mass is 10.2. The maximum atomic E-state index is 12.2. The second kappa shape index (κ2) is 4.71. The van der Waals surface area contributed by atoms with Gasteiger partial charge in [0.15, 0.2) is 0 Å². The Hall–Kier alpha value is -1.62. The molecule has 17 heavy (non-hydrogen) atoms. The fraction of sp³-hybridized carbons (Fsp3) is 0.500. The zero-order chi connectivity index (χ0) is 12.4. The van der Waals surface area contributed by atoms with E-state index in [9.17, 15) is 9.59 Å². The third kappa shape index (κ3) is 2.74. The molecule has 2 rings (SSSR count). The fourth-order valence-electron chi connectivity index (χ4n) is 2.07. The van der Waals surface area contributed by atoms with Crippen LogP contribution in [-0.4, -0.2) is 41.1 Å². The molecular formula is C12H16N2O3. The van der Waals surface area contributed by atoms with Crippen LogP contribution in [0, 0.1) is 0 Å². The van der Waals surface area contributed by atoms with Crippen molar-refractivity contribution in [2.45, 2.75) is 26.1 Å². The second-order valence-corrected chi connectivity index (χ2v) is 4.41. The topological polar surface area (TPSA) is 62.4 Å². The Kier molecular flexibility index (Phi) is 3.28. The number of nitrogens with zero attached hydrogens (tertiary/aromatic N) is 1. The quantitative estimate of drug-likeness (QED) is 0.777. The number of H-pyrrole nitrogens is 1. The molecule has 1 aliphatic rings. The van der Waals surface area contributed by atoms with E-state index in [0.29, 0.717) is 18.7 Å². The number of morpholine rings is 1. The normalized spacial score (nSPS) is 24.7.